The molecular formula is C25H56O18P3S3-3. The number of aliphatic hydroxyl groups is 6. The van der Waals surface area contributed by atoms with E-state index >= 15 is 0 Å². The van der Waals surface area contributed by atoms with Gasteiger partial charge in [-0.15, -0.1) is 0 Å². The second-order valence-corrected chi connectivity index (χ2v) is 18.6. The first kappa shape index (κ1) is 54.5. The van der Waals surface area contributed by atoms with E-state index in [1.54, 1.807) is 14.2 Å². The molecular weight excluding hydrogens is 777 g/mol. The van der Waals surface area contributed by atoms with Gasteiger partial charge in [-0.1, -0.05) is 23.6 Å². The van der Waals surface area contributed by atoms with Gasteiger partial charge in [0.1, 0.15) is 13.4 Å². The quantitative estimate of drug-likeness (QED) is 0.0591. The Hall–Kier alpha value is 1.20. The van der Waals surface area contributed by atoms with Gasteiger partial charge in [0, 0.05) is 74.6 Å². The van der Waals surface area contributed by atoms with Gasteiger partial charge in [-0.25, -0.2) is 0 Å². The normalized spacial score (nSPS) is 23.0. The van der Waals surface area contributed by atoms with Crippen LogP contribution < -0.4 is 9.79 Å². The average molecular weight is 834 g/mol. The van der Waals surface area contributed by atoms with Crippen molar-refractivity contribution < 1.29 is 86.3 Å². The molecule has 0 amide bonds. The number of methoxy groups -OCH3 is 3. The standard InChI is InChI=1S/C8H17O5PS.C7H17O5PS.C6H15O5PS.C4H10O3/c1-11-7-3-6(9)4-8(5-7)13-14(10,15)12-2;1-10-5-3-7(8)4-6-12-13(9,14)11-2;1-9-4-6(3-7)5-11-12(8,13)10-2;5-2-1-4(7)3-6/h6-9H,3-5H2,1-2H3,(H,10,15);7-8H,3-6H2,1-2H3,(H,9,14);6-7H,3-5H2,1-2H3,(H,8,13);4-7H,1-3H2/p-3/t6-,7-,8-,14?;;;/m1.../s1. The molecule has 18 nitrogen and oxygen atoms in total. The van der Waals surface area contributed by atoms with E-state index < -0.39 is 38.5 Å². The van der Waals surface area contributed by atoms with Crippen LogP contribution >= 0.6 is 20.2 Å². The SMILES string of the molecule is COCC(CO)COP([O-])(=S)OC.COCCC(O)CCOP(=O)([S-])OC.CO[C@@H]1C[C@@H](O)C[C@@H](OP([O-])(=S)OC)C1.OCCC(O)CO. The van der Waals surface area contributed by atoms with Crippen molar-refractivity contribution in [2.24, 2.45) is 5.92 Å². The van der Waals surface area contributed by atoms with Gasteiger partial charge in [0.05, 0.1) is 63.6 Å². The first-order valence-electron chi connectivity index (χ1n) is 14.8. The van der Waals surface area contributed by atoms with Gasteiger partial charge < -0.3 is 94.0 Å². The van der Waals surface area contributed by atoms with Crippen LogP contribution in [-0.4, -0.2) is 150 Å². The van der Waals surface area contributed by atoms with Crippen molar-refractivity contribution in [3.8, 4) is 0 Å². The molecule has 0 saturated heterocycles. The van der Waals surface area contributed by atoms with E-state index in [4.69, 9.17) is 48.2 Å². The van der Waals surface area contributed by atoms with Crippen LogP contribution in [0.2, 0.25) is 0 Å². The van der Waals surface area contributed by atoms with Crippen LogP contribution in [0.3, 0.4) is 0 Å². The van der Waals surface area contributed by atoms with E-state index in [-0.39, 0.29) is 57.6 Å². The highest BCUT2D eigenvalue weighted by atomic mass is 32.7. The largest absolute Gasteiger partial charge is 0.780 e. The summed E-state index contributed by atoms with van der Waals surface area (Å²) in [4.78, 5) is 22.5. The summed E-state index contributed by atoms with van der Waals surface area (Å²) in [5.41, 5.74) is 0. The summed E-state index contributed by atoms with van der Waals surface area (Å²) in [7, 11) is 8.34. The van der Waals surface area contributed by atoms with Crippen LogP contribution in [0.5, 0.6) is 0 Å². The van der Waals surface area contributed by atoms with E-state index in [1.165, 1.54) is 28.4 Å². The van der Waals surface area contributed by atoms with E-state index in [0.29, 0.717) is 45.3 Å². The van der Waals surface area contributed by atoms with Crippen molar-refractivity contribution in [3.05, 3.63) is 0 Å². The van der Waals surface area contributed by atoms with Gasteiger partial charge in [-0.05, 0) is 25.7 Å². The molecule has 49 heavy (non-hydrogen) atoms. The molecule has 6 N–H and O–H groups in total. The van der Waals surface area contributed by atoms with Gasteiger partial charge in [-0.3, -0.25) is 4.57 Å². The molecule has 0 radical (unpaired) electrons. The molecule has 1 fully saturated rings. The average Bonchev–Trinajstić information content (AvgIpc) is 3.06. The monoisotopic (exact) mass is 833 g/mol. The smallest absolute Gasteiger partial charge is 0.199 e. The predicted octanol–water partition coefficient (Wildman–Crippen LogP) is -0.534. The van der Waals surface area contributed by atoms with Crippen molar-refractivity contribution in [3.63, 3.8) is 0 Å². The van der Waals surface area contributed by atoms with Crippen molar-refractivity contribution in [2.75, 3.05) is 88.9 Å². The summed E-state index contributed by atoms with van der Waals surface area (Å²) < 4.78 is 53.9. The Labute approximate surface area is 305 Å². The molecule has 1 aliphatic carbocycles. The minimum Gasteiger partial charge on any atom is -0.780 e. The maximum atomic E-state index is 11.4. The van der Waals surface area contributed by atoms with Crippen LogP contribution in [0.25, 0.3) is 0 Å². The fraction of sp³-hybridized carbons (Fsp3) is 1.00. The molecule has 300 valence electrons. The highest BCUT2D eigenvalue weighted by Crippen LogP contribution is 2.44. The highest BCUT2D eigenvalue weighted by Gasteiger charge is 2.29. The summed E-state index contributed by atoms with van der Waals surface area (Å²) in [5.74, 6) is -0.226. The predicted molar refractivity (Wildman–Crippen MR) is 186 cm³/mol. The van der Waals surface area contributed by atoms with E-state index in [1.807, 2.05) is 0 Å². The van der Waals surface area contributed by atoms with E-state index in [2.05, 4.69) is 49.4 Å². The first-order valence-corrected chi connectivity index (χ1v) is 22.5. The van der Waals surface area contributed by atoms with Crippen molar-refractivity contribution in [1.29, 1.82) is 0 Å². The number of hydrogen-bond donors (Lipinski definition) is 6. The summed E-state index contributed by atoms with van der Waals surface area (Å²) in [6.07, 6.45) is 0.519. The lowest BCUT2D eigenvalue weighted by molar-refractivity contribution is -0.211. The third-order valence-corrected chi connectivity index (χ3v) is 11.1. The summed E-state index contributed by atoms with van der Waals surface area (Å²) >= 11 is 13.6. The van der Waals surface area contributed by atoms with Gasteiger partial charge >= 0.3 is 0 Å². The zero-order chi connectivity index (χ0) is 38.5. The summed E-state index contributed by atoms with van der Waals surface area (Å²) in [6.45, 7) is -9.48. The Morgan fingerprint density at radius 3 is 1.76 bits per heavy atom. The lowest BCUT2D eigenvalue weighted by Crippen LogP contribution is -2.35. The molecule has 1 saturated carbocycles. The first-order chi connectivity index (χ1) is 22.8. The molecule has 0 bridgehead atoms. The minimum atomic E-state index is -3.39. The Morgan fingerprint density at radius 1 is 0.755 bits per heavy atom. The maximum Gasteiger partial charge on any atom is 0.199 e. The van der Waals surface area contributed by atoms with Crippen LogP contribution in [0.4, 0.5) is 0 Å². The molecule has 0 heterocycles. The third-order valence-electron chi connectivity index (χ3n) is 6.04. The van der Waals surface area contributed by atoms with Gasteiger partial charge in [0.15, 0.2) is 6.80 Å². The van der Waals surface area contributed by atoms with Gasteiger partial charge in [-0.2, -0.15) is 0 Å². The molecule has 6 unspecified atom stereocenters. The highest BCUT2D eigenvalue weighted by molar-refractivity contribution is 8.32. The molecule has 0 aromatic heterocycles. The van der Waals surface area contributed by atoms with Crippen LogP contribution in [0.15, 0.2) is 0 Å². The van der Waals surface area contributed by atoms with Gasteiger partial charge in [0.25, 0.3) is 0 Å². The number of ether oxygens (including phenoxy) is 3. The molecule has 0 aromatic rings. The molecule has 1 aliphatic rings. The number of hydrogen-bond acceptors (Lipinski definition) is 21. The Bertz CT molecular complexity index is 915. The molecule has 1 rings (SSSR count). The second kappa shape index (κ2) is 32.6. The van der Waals surface area contributed by atoms with Crippen molar-refractivity contribution in [1.82, 2.24) is 0 Å². The lowest BCUT2D eigenvalue weighted by atomic mass is 9.93. The van der Waals surface area contributed by atoms with Crippen LogP contribution in [-0.2, 0) is 81.8 Å². The lowest BCUT2D eigenvalue weighted by Gasteiger charge is -2.36. The van der Waals surface area contributed by atoms with Crippen molar-refractivity contribution >= 4 is 56.1 Å². The van der Waals surface area contributed by atoms with Crippen molar-refractivity contribution in [2.45, 2.75) is 69.0 Å². The molecule has 0 aromatic carbocycles. The summed E-state index contributed by atoms with van der Waals surface area (Å²) in [6, 6.07) is 0. The Balaban J connectivity index is -0.000000593. The van der Waals surface area contributed by atoms with Crippen LogP contribution in [0.1, 0.15) is 38.5 Å². The van der Waals surface area contributed by atoms with E-state index in [0.717, 1.165) is 0 Å². The molecule has 24 heteroatoms. The number of rotatable bonds is 22. The fourth-order valence-corrected chi connectivity index (χ4v) is 5.65. The van der Waals surface area contributed by atoms with Gasteiger partial charge in [0.2, 0.25) is 0 Å². The Kier molecular flexibility index (Phi) is 36.3. The summed E-state index contributed by atoms with van der Waals surface area (Å²) in [5, 5.41) is 52.3. The Morgan fingerprint density at radius 2 is 1.33 bits per heavy atom. The minimum absolute atomic E-state index is 0.0677. The topological polar surface area (TPSA) is 268 Å². The second-order valence-electron chi connectivity index (χ2n) is 10.0. The van der Waals surface area contributed by atoms with E-state index in [9.17, 15) is 24.6 Å². The molecule has 0 spiro atoms. The molecule has 0 aliphatic heterocycles. The fourth-order valence-electron chi connectivity index (χ4n) is 3.32. The molecule has 9 atom stereocenters. The zero-order valence-corrected chi connectivity index (χ0v) is 33.9. The maximum absolute atomic E-state index is 11.4. The zero-order valence-electron chi connectivity index (χ0n) is 28.8. The van der Waals surface area contributed by atoms with Crippen LogP contribution in [0, 0.1) is 5.92 Å². The third kappa shape index (κ3) is 34.7. The number of aliphatic hydroxyl groups excluding tert-OH is 6.